The van der Waals surface area contributed by atoms with Crippen LogP contribution in [-0.2, 0) is 0 Å². The number of nitro benzene ring substituents is 1. The number of hydrogen-bond donors (Lipinski definition) is 1. The molecule has 0 spiro atoms. The molecule has 2 aromatic rings. The molecule has 7 nitrogen and oxygen atoms in total. The maximum atomic E-state index is 11.4. The van der Waals surface area contributed by atoms with Crippen molar-refractivity contribution in [1.82, 2.24) is 0 Å². The summed E-state index contributed by atoms with van der Waals surface area (Å²) < 4.78 is 0. The number of aromatic carboxylic acids is 1. The Balaban J connectivity index is 1.84. The highest BCUT2D eigenvalue weighted by molar-refractivity contribution is 5.90. The molecule has 3 rings (SSSR count). The number of carboxylic acids is 1. The van der Waals surface area contributed by atoms with Gasteiger partial charge >= 0.3 is 5.97 Å². The first-order valence-electron chi connectivity index (χ1n) is 8.47. The Morgan fingerprint density at radius 1 is 1.19 bits per heavy atom. The zero-order valence-electron chi connectivity index (χ0n) is 14.8. The molecule has 1 atom stereocenters. The molecular formula is C19H21N3O4. The van der Waals surface area contributed by atoms with Gasteiger partial charge in [-0.05, 0) is 38.1 Å². The molecule has 2 aromatic carbocycles. The van der Waals surface area contributed by atoms with Gasteiger partial charge in [0.25, 0.3) is 5.69 Å². The van der Waals surface area contributed by atoms with Gasteiger partial charge in [-0.15, -0.1) is 0 Å². The largest absolute Gasteiger partial charge is 0.478 e. The first-order valence-corrected chi connectivity index (χ1v) is 8.47. The van der Waals surface area contributed by atoms with Gasteiger partial charge in [0.1, 0.15) is 5.69 Å². The Bertz CT molecular complexity index is 835. The van der Waals surface area contributed by atoms with Crippen LogP contribution in [0.25, 0.3) is 0 Å². The average Bonchev–Trinajstić information content (AvgIpc) is 2.61. The Kier molecular flexibility index (Phi) is 4.79. The van der Waals surface area contributed by atoms with E-state index in [4.69, 9.17) is 5.11 Å². The van der Waals surface area contributed by atoms with Gasteiger partial charge in [0.15, 0.2) is 0 Å². The zero-order chi connectivity index (χ0) is 18.8. The number of piperazine rings is 1. The van der Waals surface area contributed by atoms with Crippen LogP contribution in [-0.4, -0.2) is 41.7 Å². The van der Waals surface area contributed by atoms with Gasteiger partial charge in [-0.1, -0.05) is 17.7 Å². The van der Waals surface area contributed by atoms with Gasteiger partial charge in [0.05, 0.1) is 10.5 Å². The van der Waals surface area contributed by atoms with Crippen molar-refractivity contribution in [1.29, 1.82) is 0 Å². The van der Waals surface area contributed by atoms with E-state index in [0.29, 0.717) is 12.2 Å². The summed E-state index contributed by atoms with van der Waals surface area (Å²) in [4.78, 5) is 26.3. The van der Waals surface area contributed by atoms with E-state index in [9.17, 15) is 14.9 Å². The minimum absolute atomic E-state index is 0.0550. The lowest BCUT2D eigenvalue weighted by Crippen LogP contribution is -2.52. The van der Waals surface area contributed by atoms with E-state index in [1.165, 1.54) is 11.6 Å². The average molecular weight is 355 g/mol. The van der Waals surface area contributed by atoms with Crippen molar-refractivity contribution < 1.29 is 14.8 Å². The first-order chi connectivity index (χ1) is 12.4. The highest BCUT2D eigenvalue weighted by Gasteiger charge is 2.29. The molecule has 1 fully saturated rings. The van der Waals surface area contributed by atoms with E-state index in [2.05, 4.69) is 29.2 Å². The molecule has 1 N–H and O–H groups in total. The van der Waals surface area contributed by atoms with Gasteiger partial charge in [0, 0.05) is 37.4 Å². The third-order valence-electron chi connectivity index (χ3n) is 4.76. The van der Waals surface area contributed by atoms with Crippen LogP contribution in [0, 0.1) is 17.0 Å². The van der Waals surface area contributed by atoms with E-state index < -0.39 is 10.9 Å². The van der Waals surface area contributed by atoms with Gasteiger partial charge in [-0.25, -0.2) is 4.79 Å². The molecule has 1 heterocycles. The summed E-state index contributed by atoms with van der Waals surface area (Å²) in [6, 6.07) is 12.5. The number of benzene rings is 2. The number of carboxylic acid groups (broad SMARTS) is 1. The maximum absolute atomic E-state index is 11.4. The molecule has 0 amide bonds. The van der Waals surface area contributed by atoms with Crippen molar-refractivity contribution in [3.63, 3.8) is 0 Å². The lowest BCUT2D eigenvalue weighted by atomic mass is 10.1. The van der Waals surface area contributed by atoms with Crippen molar-refractivity contribution in [3.8, 4) is 0 Å². The van der Waals surface area contributed by atoms with E-state index in [-0.39, 0.29) is 17.3 Å². The molecule has 1 aliphatic heterocycles. The summed E-state index contributed by atoms with van der Waals surface area (Å²) in [5, 5.41) is 20.5. The predicted molar refractivity (Wildman–Crippen MR) is 100 cm³/mol. The number of nitro groups is 1. The second-order valence-corrected chi connectivity index (χ2v) is 6.59. The standard InChI is InChI=1S/C19H21N3O4/c1-13-3-6-16(7-4-13)20-9-10-21(14(2)12-20)17-8-5-15(19(23)24)11-18(17)22(25)26/h3-8,11,14H,9-10,12H2,1-2H3,(H,23,24)/t14-/m0/s1. The van der Waals surface area contributed by atoms with Crippen LogP contribution in [0.5, 0.6) is 0 Å². The van der Waals surface area contributed by atoms with Crippen LogP contribution < -0.4 is 9.80 Å². The molecule has 1 aliphatic rings. The first kappa shape index (κ1) is 17.7. The molecule has 26 heavy (non-hydrogen) atoms. The second kappa shape index (κ2) is 7.03. The quantitative estimate of drug-likeness (QED) is 0.669. The zero-order valence-corrected chi connectivity index (χ0v) is 14.8. The van der Waals surface area contributed by atoms with Crippen molar-refractivity contribution in [3.05, 3.63) is 63.7 Å². The number of nitrogens with zero attached hydrogens (tertiary/aromatic N) is 3. The second-order valence-electron chi connectivity index (χ2n) is 6.59. The molecular weight excluding hydrogens is 334 g/mol. The summed E-state index contributed by atoms with van der Waals surface area (Å²) in [6.45, 7) is 6.17. The van der Waals surface area contributed by atoms with Crippen molar-refractivity contribution >= 4 is 23.0 Å². The number of hydrogen-bond acceptors (Lipinski definition) is 5. The Hall–Kier alpha value is -3.09. The van der Waals surface area contributed by atoms with Crippen molar-refractivity contribution in [2.45, 2.75) is 19.9 Å². The monoisotopic (exact) mass is 355 g/mol. The highest BCUT2D eigenvalue weighted by Crippen LogP contribution is 2.32. The van der Waals surface area contributed by atoms with Crippen molar-refractivity contribution in [2.24, 2.45) is 0 Å². The fourth-order valence-electron chi connectivity index (χ4n) is 3.35. The van der Waals surface area contributed by atoms with Crippen molar-refractivity contribution in [2.75, 3.05) is 29.4 Å². The Labute approximate surface area is 151 Å². The molecule has 0 bridgehead atoms. The third kappa shape index (κ3) is 3.46. The van der Waals surface area contributed by atoms with Gasteiger partial charge in [0.2, 0.25) is 0 Å². The molecule has 0 unspecified atom stereocenters. The molecule has 0 aliphatic carbocycles. The smallest absolute Gasteiger partial charge is 0.335 e. The summed E-state index contributed by atoms with van der Waals surface area (Å²) in [7, 11) is 0. The Morgan fingerprint density at radius 2 is 1.88 bits per heavy atom. The molecule has 0 saturated carbocycles. The number of anilines is 2. The summed E-state index contributed by atoms with van der Waals surface area (Å²) in [5.74, 6) is -1.17. The fraction of sp³-hybridized carbons (Fsp3) is 0.316. The van der Waals surface area contributed by atoms with E-state index in [1.54, 1.807) is 6.07 Å². The third-order valence-corrected chi connectivity index (χ3v) is 4.76. The predicted octanol–water partition coefficient (Wildman–Crippen LogP) is 3.32. The van der Waals surface area contributed by atoms with Gasteiger partial charge in [-0.2, -0.15) is 0 Å². The van der Waals surface area contributed by atoms with Gasteiger partial charge in [-0.3, -0.25) is 10.1 Å². The fourth-order valence-corrected chi connectivity index (χ4v) is 3.35. The number of aryl methyl sites for hydroxylation is 1. The molecule has 7 heteroatoms. The summed E-state index contributed by atoms with van der Waals surface area (Å²) >= 11 is 0. The van der Waals surface area contributed by atoms with Gasteiger partial charge < -0.3 is 14.9 Å². The molecule has 136 valence electrons. The van der Waals surface area contributed by atoms with E-state index >= 15 is 0 Å². The van der Waals surface area contributed by atoms with E-state index in [1.807, 2.05) is 18.7 Å². The van der Waals surface area contributed by atoms with E-state index in [0.717, 1.165) is 24.8 Å². The maximum Gasteiger partial charge on any atom is 0.335 e. The van der Waals surface area contributed by atoms with Crippen LogP contribution in [0.1, 0.15) is 22.8 Å². The minimum atomic E-state index is -1.17. The molecule has 1 saturated heterocycles. The SMILES string of the molecule is Cc1ccc(N2CCN(c3ccc(C(=O)O)cc3[N+](=O)[O-])[C@@H](C)C2)cc1. The lowest BCUT2D eigenvalue weighted by molar-refractivity contribution is -0.384. The molecule has 0 aromatic heterocycles. The Morgan fingerprint density at radius 3 is 2.46 bits per heavy atom. The highest BCUT2D eigenvalue weighted by atomic mass is 16.6. The molecule has 0 radical (unpaired) electrons. The topological polar surface area (TPSA) is 86.9 Å². The number of carbonyl (C=O) groups is 1. The van der Waals surface area contributed by atoms with Crippen LogP contribution in [0.4, 0.5) is 17.1 Å². The van der Waals surface area contributed by atoms with Crippen LogP contribution in [0.3, 0.4) is 0 Å². The van der Waals surface area contributed by atoms with Crippen LogP contribution in [0.2, 0.25) is 0 Å². The number of rotatable bonds is 4. The summed E-state index contributed by atoms with van der Waals surface area (Å²) in [6.07, 6.45) is 0. The minimum Gasteiger partial charge on any atom is -0.478 e. The van der Waals surface area contributed by atoms with Crippen LogP contribution >= 0.6 is 0 Å². The summed E-state index contributed by atoms with van der Waals surface area (Å²) in [5.41, 5.74) is 2.57. The van der Waals surface area contributed by atoms with Crippen LogP contribution in [0.15, 0.2) is 42.5 Å². The lowest BCUT2D eigenvalue weighted by Gasteiger charge is -2.42. The normalized spacial score (nSPS) is 17.2.